The number of benzene rings is 3. The van der Waals surface area contributed by atoms with Gasteiger partial charge in [-0.3, -0.25) is 4.79 Å². The first kappa shape index (κ1) is 23.6. The molecule has 3 aromatic rings. The van der Waals surface area contributed by atoms with Crippen LogP contribution < -0.4 is 5.32 Å². The first-order valence-corrected chi connectivity index (χ1v) is 12.1. The minimum atomic E-state index is -3.75. The number of rotatable bonds is 8. The molecule has 0 saturated heterocycles. The van der Waals surface area contributed by atoms with Crippen molar-refractivity contribution >= 4 is 15.9 Å². The highest BCUT2D eigenvalue weighted by Crippen LogP contribution is 2.26. The van der Waals surface area contributed by atoms with E-state index in [2.05, 4.69) is 5.32 Å². The molecule has 0 aliphatic carbocycles. The molecule has 1 N–H and O–H groups in total. The third kappa shape index (κ3) is 6.02. The first-order valence-electron chi connectivity index (χ1n) is 10.2. The molecular weight excluding hydrogens is 427 g/mol. The van der Waals surface area contributed by atoms with E-state index in [0.29, 0.717) is 0 Å². The molecular formula is C25H27FN2O3S. The predicted octanol–water partition coefficient (Wildman–Crippen LogP) is 4.11. The Bertz CT molecular complexity index is 1200. The highest BCUT2D eigenvalue weighted by molar-refractivity contribution is 7.88. The highest BCUT2D eigenvalue weighted by Gasteiger charge is 2.25. The molecule has 7 heteroatoms. The second-order valence-corrected chi connectivity index (χ2v) is 9.88. The molecule has 5 nitrogen and oxygen atoms in total. The van der Waals surface area contributed by atoms with Crippen molar-refractivity contribution in [2.75, 3.05) is 12.8 Å². The summed E-state index contributed by atoms with van der Waals surface area (Å²) in [5.41, 5.74) is 4.14. The summed E-state index contributed by atoms with van der Waals surface area (Å²) in [7, 11) is -3.75. The fourth-order valence-corrected chi connectivity index (χ4v) is 4.33. The average Bonchev–Trinajstić information content (AvgIpc) is 2.73. The van der Waals surface area contributed by atoms with Crippen LogP contribution in [-0.2, 0) is 21.4 Å². The molecule has 0 radical (unpaired) electrons. The maximum Gasteiger partial charge on any atom is 0.236 e. The Morgan fingerprint density at radius 1 is 1.00 bits per heavy atom. The molecule has 32 heavy (non-hydrogen) atoms. The molecule has 3 rings (SSSR count). The van der Waals surface area contributed by atoms with Crippen LogP contribution in [0.4, 0.5) is 4.39 Å². The van der Waals surface area contributed by atoms with Gasteiger partial charge < -0.3 is 5.32 Å². The van der Waals surface area contributed by atoms with Crippen molar-refractivity contribution in [1.29, 1.82) is 0 Å². The smallest absolute Gasteiger partial charge is 0.236 e. The number of hydrogen-bond donors (Lipinski definition) is 1. The van der Waals surface area contributed by atoms with Crippen LogP contribution in [0.15, 0.2) is 72.8 Å². The van der Waals surface area contributed by atoms with Crippen molar-refractivity contribution in [3.05, 3.63) is 106 Å². The van der Waals surface area contributed by atoms with Crippen LogP contribution in [0.2, 0.25) is 0 Å². The van der Waals surface area contributed by atoms with Crippen LogP contribution in [0.5, 0.6) is 0 Å². The number of nitrogens with one attached hydrogen (secondary N) is 1. The first-order chi connectivity index (χ1) is 15.1. The standard InChI is InChI=1S/C25H27FN2O3S/c1-18-13-14-22(19(2)15-18)25(20-9-5-4-6-10-20)27-24(29)17-28(32(3,30)31)16-21-11-7-8-12-23(21)26/h4-15,25H,16-17H2,1-3H3,(H,27,29)/t25-/m0/s1. The number of halogens is 1. The topological polar surface area (TPSA) is 66.5 Å². The number of carbonyl (C=O) groups excluding carboxylic acids is 1. The van der Waals surface area contributed by atoms with Crippen molar-refractivity contribution in [2.45, 2.75) is 26.4 Å². The molecule has 0 aliphatic heterocycles. The Labute approximate surface area is 188 Å². The molecule has 0 bridgehead atoms. The summed E-state index contributed by atoms with van der Waals surface area (Å²) in [6.45, 7) is 3.34. The molecule has 0 heterocycles. The van der Waals surface area contributed by atoms with Gasteiger partial charge in [0.2, 0.25) is 15.9 Å². The Balaban J connectivity index is 1.87. The molecule has 3 aromatic carbocycles. The Hall–Kier alpha value is -3.03. The molecule has 0 unspecified atom stereocenters. The lowest BCUT2D eigenvalue weighted by molar-refractivity contribution is -0.121. The molecule has 0 aliphatic rings. The lowest BCUT2D eigenvalue weighted by Gasteiger charge is -2.25. The van der Waals surface area contributed by atoms with Gasteiger partial charge in [-0.15, -0.1) is 0 Å². The van der Waals surface area contributed by atoms with Crippen molar-refractivity contribution in [3.63, 3.8) is 0 Å². The zero-order chi connectivity index (χ0) is 23.3. The van der Waals surface area contributed by atoms with Gasteiger partial charge in [0.25, 0.3) is 0 Å². The van der Waals surface area contributed by atoms with Crippen molar-refractivity contribution in [2.24, 2.45) is 0 Å². The van der Waals surface area contributed by atoms with Gasteiger partial charge in [-0.05, 0) is 36.6 Å². The van der Waals surface area contributed by atoms with Gasteiger partial charge in [0.05, 0.1) is 18.8 Å². The third-order valence-corrected chi connectivity index (χ3v) is 6.46. The number of hydrogen-bond acceptors (Lipinski definition) is 3. The maximum absolute atomic E-state index is 14.1. The Morgan fingerprint density at radius 2 is 1.66 bits per heavy atom. The monoisotopic (exact) mass is 454 g/mol. The molecule has 1 atom stereocenters. The van der Waals surface area contributed by atoms with E-state index in [-0.39, 0.29) is 12.1 Å². The van der Waals surface area contributed by atoms with Gasteiger partial charge in [-0.25, -0.2) is 12.8 Å². The van der Waals surface area contributed by atoms with Crippen LogP contribution in [0.1, 0.15) is 33.9 Å². The van der Waals surface area contributed by atoms with Crippen LogP contribution >= 0.6 is 0 Å². The van der Waals surface area contributed by atoms with E-state index in [9.17, 15) is 17.6 Å². The number of nitrogens with zero attached hydrogens (tertiary/aromatic N) is 1. The summed E-state index contributed by atoms with van der Waals surface area (Å²) >= 11 is 0. The predicted molar refractivity (Wildman–Crippen MR) is 124 cm³/mol. The second-order valence-electron chi connectivity index (χ2n) is 7.89. The average molecular weight is 455 g/mol. The van der Waals surface area contributed by atoms with E-state index in [1.54, 1.807) is 6.07 Å². The largest absolute Gasteiger partial charge is 0.344 e. The van der Waals surface area contributed by atoms with E-state index >= 15 is 0 Å². The van der Waals surface area contributed by atoms with E-state index < -0.39 is 34.3 Å². The zero-order valence-corrected chi connectivity index (χ0v) is 19.2. The van der Waals surface area contributed by atoms with Crippen molar-refractivity contribution in [3.8, 4) is 0 Å². The van der Waals surface area contributed by atoms with Crippen molar-refractivity contribution < 1.29 is 17.6 Å². The van der Waals surface area contributed by atoms with E-state index in [4.69, 9.17) is 0 Å². The van der Waals surface area contributed by atoms with Gasteiger partial charge >= 0.3 is 0 Å². The third-order valence-electron chi connectivity index (χ3n) is 5.27. The minimum Gasteiger partial charge on any atom is -0.344 e. The van der Waals surface area contributed by atoms with E-state index in [1.807, 2.05) is 62.4 Å². The summed E-state index contributed by atoms with van der Waals surface area (Å²) in [5.74, 6) is -0.986. The van der Waals surface area contributed by atoms with Gasteiger partial charge in [0, 0.05) is 12.1 Å². The molecule has 0 aromatic heterocycles. The van der Waals surface area contributed by atoms with E-state index in [0.717, 1.165) is 32.8 Å². The molecule has 0 spiro atoms. The lowest BCUT2D eigenvalue weighted by atomic mass is 9.94. The number of carbonyl (C=O) groups is 1. The normalized spacial score (nSPS) is 12.5. The second kappa shape index (κ2) is 10.1. The maximum atomic E-state index is 14.1. The quantitative estimate of drug-likeness (QED) is 0.557. The number of amides is 1. The summed E-state index contributed by atoms with van der Waals surface area (Å²) < 4.78 is 39.7. The Morgan fingerprint density at radius 3 is 2.28 bits per heavy atom. The minimum absolute atomic E-state index is 0.208. The fourth-order valence-electron chi connectivity index (χ4n) is 3.61. The summed E-state index contributed by atoms with van der Waals surface area (Å²) in [6, 6.07) is 21.0. The van der Waals surface area contributed by atoms with Crippen LogP contribution in [0, 0.1) is 19.7 Å². The molecule has 168 valence electrons. The lowest BCUT2D eigenvalue weighted by Crippen LogP contribution is -2.41. The summed E-state index contributed by atoms with van der Waals surface area (Å²) in [5, 5.41) is 2.97. The van der Waals surface area contributed by atoms with Gasteiger partial charge in [-0.1, -0.05) is 72.3 Å². The Kier molecular flexibility index (Phi) is 7.43. The van der Waals surface area contributed by atoms with Gasteiger partial charge in [0.15, 0.2) is 0 Å². The summed E-state index contributed by atoms with van der Waals surface area (Å²) in [6.07, 6.45) is 1.01. The number of sulfonamides is 1. The molecule has 0 fully saturated rings. The van der Waals surface area contributed by atoms with Crippen LogP contribution in [0.25, 0.3) is 0 Å². The molecule has 1 amide bonds. The zero-order valence-electron chi connectivity index (χ0n) is 18.4. The van der Waals surface area contributed by atoms with Crippen LogP contribution in [0.3, 0.4) is 0 Å². The van der Waals surface area contributed by atoms with Gasteiger partial charge in [-0.2, -0.15) is 4.31 Å². The number of aryl methyl sites for hydroxylation is 2. The molecule has 0 saturated carbocycles. The van der Waals surface area contributed by atoms with E-state index in [1.165, 1.54) is 18.2 Å². The van der Waals surface area contributed by atoms with Gasteiger partial charge in [0.1, 0.15) is 5.82 Å². The SMILES string of the molecule is Cc1ccc([C@@H](NC(=O)CN(Cc2ccccc2F)S(C)(=O)=O)c2ccccc2)c(C)c1. The summed E-state index contributed by atoms with van der Waals surface area (Å²) in [4.78, 5) is 13.0. The van der Waals surface area contributed by atoms with Crippen LogP contribution in [-0.4, -0.2) is 31.4 Å². The fraction of sp³-hybridized carbons (Fsp3) is 0.240. The van der Waals surface area contributed by atoms with Crippen molar-refractivity contribution in [1.82, 2.24) is 9.62 Å². The highest BCUT2D eigenvalue weighted by atomic mass is 32.2.